The number of carbonyl (C=O) groups is 2. The maximum Gasteiger partial charge on any atom is 0.307 e. The summed E-state index contributed by atoms with van der Waals surface area (Å²) in [6.07, 6.45) is -0.00744. The van der Waals surface area contributed by atoms with E-state index in [0.717, 1.165) is 0 Å². The number of carbonyl (C=O) groups excluding carboxylic acids is 2. The van der Waals surface area contributed by atoms with Gasteiger partial charge < -0.3 is 9.64 Å². The molecule has 20 heavy (non-hydrogen) atoms. The van der Waals surface area contributed by atoms with Gasteiger partial charge in [0.15, 0.2) is 0 Å². The van der Waals surface area contributed by atoms with Crippen LogP contribution in [0.1, 0.15) is 13.3 Å². The van der Waals surface area contributed by atoms with Gasteiger partial charge in [-0.25, -0.2) is 0 Å². The molecule has 0 aromatic heterocycles. The average Bonchev–Trinajstić information content (AvgIpc) is 2.39. The molecule has 0 atom stereocenters. The van der Waals surface area contributed by atoms with Crippen molar-refractivity contribution in [2.24, 2.45) is 0 Å². The summed E-state index contributed by atoms with van der Waals surface area (Å²) in [5, 5.41) is 10.8. The Hall–Kier alpha value is -2.15. The first-order valence-corrected chi connectivity index (χ1v) is 6.03. The van der Waals surface area contributed by atoms with E-state index in [9.17, 15) is 19.7 Å². The predicted molar refractivity (Wildman–Crippen MR) is 72.8 cm³/mol. The minimum absolute atomic E-state index is 0.00744. The summed E-state index contributed by atoms with van der Waals surface area (Å²) < 4.78 is 4.49. The summed E-state index contributed by atoms with van der Waals surface area (Å²) in [6.45, 7) is 1.37. The van der Waals surface area contributed by atoms with Gasteiger partial charge in [0.1, 0.15) is 5.02 Å². The van der Waals surface area contributed by atoms with Crippen LogP contribution in [0.3, 0.4) is 0 Å². The number of nitrogens with zero attached hydrogens (tertiary/aromatic N) is 2. The minimum Gasteiger partial charge on any atom is -0.469 e. The van der Waals surface area contributed by atoms with E-state index >= 15 is 0 Å². The number of rotatable bonds is 5. The van der Waals surface area contributed by atoms with Crippen molar-refractivity contribution in [2.75, 3.05) is 18.6 Å². The van der Waals surface area contributed by atoms with Crippen molar-refractivity contribution in [3.05, 3.63) is 33.3 Å². The van der Waals surface area contributed by atoms with Crippen LogP contribution in [0, 0.1) is 10.1 Å². The van der Waals surface area contributed by atoms with Gasteiger partial charge in [-0.2, -0.15) is 0 Å². The van der Waals surface area contributed by atoms with Crippen molar-refractivity contribution < 1.29 is 19.2 Å². The summed E-state index contributed by atoms with van der Waals surface area (Å²) in [5.41, 5.74) is 0.00554. The summed E-state index contributed by atoms with van der Waals surface area (Å²) >= 11 is 5.71. The molecule has 0 fully saturated rings. The van der Waals surface area contributed by atoms with Crippen LogP contribution in [0.15, 0.2) is 18.2 Å². The number of methoxy groups -OCH3 is 1. The van der Waals surface area contributed by atoms with Crippen molar-refractivity contribution >= 4 is 34.9 Å². The third-order valence-electron chi connectivity index (χ3n) is 2.59. The van der Waals surface area contributed by atoms with Gasteiger partial charge in [-0.15, -0.1) is 0 Å². The van der Waals surface area contributed by atoms with E-state index in [0.29, 0.717) is 5.69 Å². The first-order chi connectivity index (χ1) is 9.36. The lowest BCUT2D eigenvalue weighted by Crippen LogP contribution is -2.31. The van der Waals surface area contributed by atoms with Crippen LogP contribution < -0.4 is 4.90 Å². The van der Waals surface area contributed by atoms with Crippen LogP contribution in [-0.2, 0) is 14.3 Å². The van der Waals surface area contributed by atoms with E-state index < -0.39 is 10.9 Å². The van der Waals surface area contributed by atoms with E-state index in [1.807, 2.05) is 0 Å². The van der Waals surface area contributed by atoms with Crippen molar-refractivity contribution in [3.8, 4) is 0 Å². The fourth-order valence-electron chi connectivity index (χ4n) is 1.58. The zero-order chi connectivity index (χ0) is 15.3. The number of esters is 1. The number of hydrogen-bond donors (Lipinski definition) is 0. The molecule has 8 heteroatoms. The Morgan fingerprint density at radius 3 is 2.60 bits per heavy atom. The monoisotopic (exact) mass is 300 g/mol. The molecule has 0 bridgehead atoms. The highest BCUT2D eigenvalue weighted by atomic mass is 35.5. The van der Waals surface area contributed by atoms with Crippen molar-refractivity contribution in [3.63, 3.8) is 0 Å². The van der Waals surface area contributed by atoms with Gasteiger partial charge in [0.2, 0.25) is 5.91 Å². The van der Waals surface area contributed by atoms with Crippen LogP contribution in [0.25, 0.3) is 0 Å². The summed E-state index contributed by atoms with van der Waals surface area (Å²) in [7, 11) is 1.24. The molecule has 1 aromatic rings. The quantitative estimate of drug-likeness (QED) is 0.472. The SMILES string of the molecule is COC(=O)CCN(C(C)=O)c1ccc(Cl)c([N+](=O)[O-])c1. The Morgan fingerprint density at radius 1 is 1.45 bits per heavy atom. The fourth-order valence-corrected chi connectivity index (χ4v) is 1.77. The molecule has 0 radical (unpaired) electrons. The molecule has 7 nitrogen and oxygen atoms in total. The number of ether oxygens (including phenoxy) is 1. The Bertz CT molecular complexity index is 547. The molecule has 0 aliphatic rings. The average molecular weight is 301 g/mol. The van der Waals surface area contributed by atoms with E-state index in [4.69, 9.17) is 11.6 Å². The highest BCUT2D eigenvalue weighted by Crippen LogP contribution is 2.29. The second-order valence-electron chi connectivity index (χ2n) is 3.89. The number of nitro benzene ring substituents is 1. The van der Waals surface area contributed by atoms with Gasteiger partial charge in [-0.05, 0) is 12.1 Å². The molecule has 1 aromatic carbocycles. The van der Waals surface area contributed by atoms with E-state index in [1.165, 1.54) is 37.1 Å². The lowest BCUT2D eigenvalue weighted by Gasteiger charge is -2.20. The molecule has 0 heterocycles. The molecule has 0 aliphatic heterocycles. The summed E-state index contributed by atoms with van der Waals surface area (Å²) in [4.78, 5) is 34.1. The van der Waals surface area contributed by atoms with Gasteiger partial charge in [0, 0.05) is 19.5 Å². The molecule has 0 aliphatic carbocycles. The van der Waals surface area contributed by atoms with Crippen LogP contribution in [0.5, 0.6) is 0 Å². The van der Waals surface area contributed by atoms with Crippen LogP contribution in [0.4, 0.5) is 11.4 Å². The Kier molecular flexibility index (Phi) is 5.45. The first kappa shape index (κ1) is 15.9. The standard InChI is InChI=1S/C12H13ClN2O5/c1-8(16)14(6-5-12(17)20-2)9-3-4-10(13)11(7-9)15(18)19/h3-4,7H,5-6H2,1-2H3. The zero-order valence-corrected chi connectivity index (χ0v) is 11.7. The number of anilines is 1. The molecule has 0 unspecified atom stereocenters. The van der Waals surface area contributed by atoms with Crippen molar-refractivity contribution in [1.82, 2.24) is 0 Å². The smallest absolute Gasteiger partial charge is 0.307 e. The molecular formula is C12H13ClN2O5. The topological polar surface area (TPSA) is 89.8 Å². The molecule has 0 saturated heterocycles. The summed E-state index contributed by atoms with van der Waals surface area (Å²) in [5.74, 6) is -0.815. The highest BCUT2D eigenvalue weighted by molar-refractivity contribution is 6.32. The van der Waals surface area contributed by atoms with Gasteiger partial charge >= 0.3 is 5.97 Å². The Labute approximate surface area is 120 Å². The predicted octanol–water partition coefficient (Wildman–Crippen LogP) is 2.16. The van der Waals surface area contributed by atoms with Gasteiger partial charge in [0.05, 0.1) is 24.1 Å². The maximum atomic E-state index is 11.6. The van der Waals surface area contributed by atoms with E-state index in [2.05, 4.69) is 4.74 Å². The number of hydrogen-bond acceptors (Lipinski definition) is 5. The van der Waals surface area contributed by atoms with Crippen molar-refractivity contribution in [2.45, 2.75) is 13.3 Å². The molecule has 0 spiro atoms. The third kappa shape index (κ3) is 3.92. The molecule has 1 rings (SSSR count). The second-order valence-corrected chi connectivity index (χ2v) is 4.30. The van der Waals surface area contributed by atoms with E-state index in [-0.39, 0.29) is 29.6 Å². The van der Waals surface area contributed by atoms with Crippen molar-refractivity contribution in [1.29, 1.82) is 0 Å². The molecule has 108 valence electrons. The Morgan fingerprint density at radius 2 is 2.10 bits per heavy atom. The maximum absolute atomic E-state index is 11.6. The van der Waals surface area contributed by atoms with Crippen LogP contribution in [0.2, 0.25) is 5.02 Å². The number of amides is 1. The van der Waals surface area contributed by atoms with Gasteiger partial charge in [-0.1, -0.05) is 11.6 Å². The minimum atomic E-state index is -0.634. The lowest BCUT2D eigenvalue weighted by atomic mass is 10.2. The second kappa shape index (κ2) is 6.85. The Balaban J connectivity index is 3.03. The molecule has 1 amide bonds. The highest BCUT2D eigenvalue weighted by Gasteiger charge is 2.19. The first-order valence-electron chi connectivity index (χ1n) is 5.65. The lowest BCUT2D eigenvalue weighted by molar-refractivity contribution is -0.384. The number of nitro groups is 1. The number of benzene rings is 1. The summed E-state index contributed by atoms with van der Waals surface area (Å²) in [6, 6.07) is 4.01. The third-order valence-corrected chi connectivity index (χ3v) is 2.91. The normalized spacial score (nSPS) is 9.95. The number of halogens is 1. The largest absolute Gasteiger partial charge is 0.469 e. The molecular weight excluding hydrogens is 288 g/mol. The molecule has 0 saturated carbocycles. The zero-order valence-electron chi connectivity index (χ0n) is 11.0. The van der Waals surface area contributed by atoms with E-state index in [1.54, 1.807) is 0 Å². The van der Waals surface area contributed by atoms with Gasteiger partial charge in [-0.3, -0.25) is 19.7 Å². The van der Waals surface area contributed by atoms with Gasteiger partial charge in [0.25, 0.3) is 5.69 Å². The fraction of sp³-hybridized carbons (Fsp3) is 0.333. The van der Waals surface area contributed by atoms with Crippen LogP contribution in [-0.4, -0.2) is 30.5 Å². The van der Waals surface area contributed by atoms with Crippen LogP contribution >= 0.6 is 11.6 Å². The molecule has 0 N–H and O–H groups in total.